The van der Waals surface area contributed by atoms with E-state index in [2.05, 4.69) is 9.10 Å². The zero-order chi connectivity index (χ0) is 8.91. The second kappa shape index (κ2) is 4.30. The molecule has 0 bridgehead atoms. The van der Waals surface area contributed by atoms with Gasteiger partial charge in [-0.15, -0.1) is 0 Å². The van der Waals surface area contributed by atoms with Gasteiger partial charge in [0.2, 0.25) is 0 Å². The molecular formula is C5H11NO4S. The van der Waals surface area contributed by atoms with Crippen molar-refractivity contribution in [1.82, 2.24) is 0 Å². The van der Waals surface area contributed by atoms with Gasteiger partial charge >= 0.3 is 6.09 Å². The first kappa shape index (κ1) is 10.4. The molecule has 0 rings (SSSR count). The highest BCUT2D eigenvalue weighted by molar-refractivity contribution is 7.88. The van der Waals surface area contributed by atoms with E-state index in [1.165, 1.54) is 6.92 Å². The van der Waals surface area contributed by atoms with Crippen LogP contribution in [0.1, 0.15) is 13.8 Å². The number of amides is 1. The van der Waals surface area contributed by atoms with E-state index in [0.29, 0.717) is 0 Å². The molecular weight excluding hydrogens is 170 g/mol. The van der Waals surface area contributed by atoms with Crippen LogP contribution in [0.2, 0.25) is 0 Å². The van der Waals surface area contributed by atoms with E-state index >= 15 is 0 Å². The van der Waals surface area contributed by atoms with E-state index in [0.717, 1.165) is 0 Å². The van der Waals surface area contributed by atoms with Crippen molar-refractivity contribution >= 4 is 16.1 Å². The van der Waals surface area contributed by atoms with Gasteiger partial charge in [-0.3, -0.25) is 4.55 Å². The van der Waals surface area contributed by atoms with Gasteiger partial charge in [0.05, 0.1) is 12.4 Å². The molecule has 0 saturated heterocycles. The lowest BCUT2D eigenvalue weighted by Gasteiger charge is -1.97. The Morgan fingerprint density at radius 1 is 1.64 bits per heavy atom. The number of hydrogen-bond acceptors (Lipinski definition) is 3. The predicted octanol–water partition coefficient (Wildman–Crippen LogP) is 1.10. The fourth-order valence-corrected chi connectivity index (χ4v) is 0.746. The molecule has 0 aromatic carbocycles. The molecule has 1 atom stereocenters. The average molecular weight is 181 g/mol. The van der Waals surface area contributed by atoms with E-state index in [1.807, 2.05) is 0 Å². The first-order valence-corrected chi connectivity index (χ1v) is 4.80. The van der Waals surface area contributed by atoms with Gasteiger partial charge in [0.1, 0.15) is 0 Å². The van der Waals surface area contributed by atoms with Gasteiger partial charge in [-0.05, 0) is 6.92 Å². The zero-order valence-electron chi connectivity index (χ0n) is 6.44. The molecule has 0 aliphatic carbocycles. The first-order chi connectivity index (χ1) is 5.02. The van der Waals surface area contributed by atoms with Crippen molar-refractivity contribution in [1.29, 1.82) is 0 Å². The number of carbonyl (C=O) groups excluding carboxylic acids is 1. The summed E-state index contributed by atoms with van der Waals surface area (Å²) in [5.41, 5.74) is 0. The summed E-state index contributed by atoms with van der Waals surface area (Å²) in [5.74, 6) is -0.0776. The van der Waals surface area contributed by atoms with Crippen molar-refractivity contribution in [2.24, 2.45) is 4.36 Å². The summed E-state index contributed by atoms with van der Waals surface area (Å²) < 4.78 is 26.8. The Hall–Kier alpha value is -0.620. The Balaban J connectivity index is 4.31. The fraction of sp³-hybridized carbons (Fsp3) is 0.800. The summed E-state index contributed by atoms with van der Waals surface area (Å²) in [6, 6.07) is 0. The van der Waals surface area contributed by atoms with Crippen molar-refractivity contribution in [3.8, 4) is 0 Å². The third-order valence-corrected chi connectivity index (χ3v) is 2.05. The highest BCUT2D eigenvalue weighted by Gasteiger charge is 2.04. The number of ether oxygens (including phenoxy) is 1. The summed E-state index contributed by atoms with van der Waals surface area (Å²) in [5, 5.41) is 0. The number of hydrogen-bond donors (Lipinski definition) is 1. The molecule has 0 spiro atoms. The van der Waals surface area contributed by atoms with E-state index in [-0.39, 0.29) is 12.4 Å². The molecule has 0 fully saturated rings. The first-order valence-electron chi connectivity index (χ1n) is 3.16. The third-order valence-electron chi connectivity index (χ3n) is 0.861. The lowest BCUT2D eigenvalue weighted by molar-refractivity contribution is 0.164. The van der Waals surface area contributed by atoms with E-state index in [4.69, 9.17) is 4.55 Å². The highest BCUT2D eigenvalue weighted by Crippen LogP contribution is 1.92. The molecule has 0 heterocycles. The third kappa shape index (κ3) is 4.74. The quantitative estimate of drug-likeness (QED) is 0.692. The zero-order valence-corrected chi connectivity index (χ0v) is 7.26. The fourth-order valence-electron chi connectivity index (χ4n) is 0.331. The van der Waals surface area contributed by atoms with Gasteiger partial charge in [0, 0.05) is 0 Å². The molecule has 1 unspecified atom stereocenters. The molecule has 0 aliphatic rings. The van der Waals surface area contributed by atoms with Gasteiger partial charge in [0.25, 0.3) is 0 Å². The van der Waals surface area contributed by atoms with Gasteiger partial charge < -0.3 is 4.74 Å². The molecule has 0 aromatic rings. The second-order valence-corrected chi connectivity index (χ2v) is 3.66. The monoisotopic (exact) mass is 181 g/mol. The van der Waals surface area contributed by atoms with Crippen LogP contribution in [0, 0.1) is 0 Å². The standard InChI is InChI=1S/C5H11NO4S/c1-3-10-5(7)6-11(8,9)4-2/h3-4H2,1-2H3,(H,6,7,8,9). The molecule has 0 saturated carbocycles. The summed E-state index contributed by atoms with van der Waals surface area (Å²) in [6.45, 7) is 3.21. The van der Waals surface area contributed by atoms with Crippen molar-refractivity contribution in [2.75, 3.05) is 12.4 Å². The maximum Gasteiger partial charge on any atom is 0.443 e. The Morgan fingerprint density at radius 3 is 2.55 bits per heavy atom. The largest absolute Gasteiger partial charge is 0.448 e. The molecule has 0 radical (unpaired) electrons. The molecule has 11 heavy (non-hydrogen) atoms. The van der Waals surface area contributed by atoms with Crippen LogP contribution in [0.15, 0.2) is 4.36 Å². The average Bonchev–Trinajstić information content (AvgIpc) is 1.87. The van der Waals surface area contributed by atoms with Crippen LogP contribution in [0.3, 0.4) is 0 Å². The van der Waals surface area contributed by atoms with Gasteiger partial charge in [-0.2, -0.15) is 0 Å². The minimum Gasteiger partial charge on any atom is -0.448 e. The van der Waals surface area contributed by atoms with Crippen LogP contribution in [0.25, 0.3) is 0 Å². The van der Waals surface area contributed by atoms with E-state index in [9.17, 15) is 9.00 Å². The topological polar surface area (TPSA) is 76.0 Å². The second-order valence-electron chi connectivity index (χ2n) is 1.69. The minimum atomic E-state index is -3.34. The molecule has 1 amide bonds. The van der Waals surface area contributed by atoms with E-state index in [1.54, 1.807) is 6.92 Å². The Morgan fingerprint density at radius 2 is 2.18 bits per heavy atom. The molecule has 66 valence electrons. The van der Waals surface area contributed by atoms with Crippen molar-refractivity contribution in [3.63, 3.8) is 0 Å². The maximum atomic E-state index is 10.7. The normalized spacial score (nSPS) is 15.2. The molecule has 0 aromatic heterocycles. The van der Waals surface area contributed by atoms with Crippen LogP contribution in [0.4, 0.5) is 4.79 Å². The summed E-state index contributed by atoms with van der Waals surface area (Å²) >= 11 is 0. The lowest BCUT2D eigenvalue weighted by atomic mass is 10.9. The predicted molar refractivity (Wildman–Crippen MR) is 40.8 cm³/mol. The highest BCUT2D eigenvalue weighted by atomic mass is 32.2. The Labute approximate surface area is 65.8 Å². The molecule has 5 nitrogen and oxygen atoms in total. The van der Waals surface area contributed by atoms with Gasteiger partial charge in [0.15, 0.2) is 10.0 Å². The van der Waals surface area contributed by atoms with Crippen LogP contribution < -0.4 is 0 Å². The number of nitrogens with zero attached hydrogens (tertiary/aromatic N) is 1. The van der Waals surface area contributed by atoms with Gasteiger partial charge in [-0.1, -0.05) is 11.3 Å². The summed E-state index contributed by atoms with van der Waals surface area (Å²) in [6.07, 6.45) is -0.984. The molecule has 6 heteroatoms. The van der Waals surface area contributed by atoms with E-state index < -0.39 is 16.1 Å². The van der Waals surface area contributed by atoms with Gasteiger partial charge in [-0.25, -0.2) is 9.00 Å². The van der Waals surface area contributed by atoms with Crippen LogP contribution >= 0.6 is 0 Å². The Kier molecular flexibility index (Phi) is 4.06. The summed E-state index contributed by atoms with van der Waals surface area (Å²) in [7, 11) is -3.34. The number of rotatable bonds is 2. The minimum absolute atomic E-state index is 0.0776. The van der Waals surface area contributed by atoms with Crippen molar-refractivity contribution in [2.45, 2.75) is 13.8 Å². The SMILES string of the molecule is CCOC(=O)N=S(=O)(O)CC. The number of carbonyl (C=O) groups is 1. The summed E-state index contributed by atoms with van der Waals surface area (Å²) in [4.78, 5) is 10.5. The molecule has 1 N–H and O–H groups in total. The molecule has 0 aliphatic heterocycles. The van der Waals surface area contributed by atoms with Crippen molar-refractivity contribution in [3.05, 3.63) is 0 Å². The Bertz CT molecular complexity index is 241. The van der Waals surface area contributed by atoms with Crippen LogP contribution in [-0.2, 0) is 14.7 Å². The van der Waals surface area contributed by atoms with Crippen LogP contribution in [-0.4, -0.2) is 27.2 Å². The lowest BCUT2D eigenvalue weighted by Crippen LogP contribution is -2.06. The van der Waals surface area contributed by atoms with Crippen molar-refractivity contribution < 1.29 is 18.3 Å². The maximum absolute atomic E-state index is 10.7. The smallest absolute Gasteiger partial charge is 0.443 e. The van der Waals surface area contributed by atoms with Crippen LogP contribution in [0.5, 0.6) is 0 Å².